The number of hydrogen-bond donors (Lipinski definition) is 1. The van der Waals surface area contributed by atoms with Gasteiger partial charge in [0.15, 0.2) is 6.61 Å². The van der Waals surface area contributed by atoms with E-state index in [1.54, 1.807) is 41.0 Å². The van der Waals surface area contributed by atoms with Crippen molar-refractivity contribution in [2.75, 3.05) is 45.9 Å². The highest BCUT2D eigenvalue weighted by atomic mass is 35.5. The van der Waals surface area contributed by atoms with Crippen LogP contribution in [0, 0.1) is 0 Å². The molecule has 0 bridgehead atoms. The Balaban J connectivity index is 1.66. The summed E-state index contributed by atoms with van der Waals surface area (Å²) in [5.74, 6) is -0.0715. The van der Waals surface area contributed by atoms with Gasteiger partial charge in [-0.25, -0.2) is 4.79 Å². The van der Waals surface area contributed by atoms with Crippen molar-refractivity contribution < 1.29 is 23.9 Å². The number of benzene rings is 1. The number of carbonyl (C=O) groups excluding carboxylic acids is 3. The Morgan fingerprint density at radius 2 is 1.69 bits per heavy atom. The van der Waals surface area contributed by atoms with Gasteiger partial charge < -0.3 is 24.6 Å². The van der Waals surface area contributed by atoms with E-state index in [9.17, 15) is 14.4 Å². The largest absolute Gasteiger partial charge is 0.484 e. The molecule has 0 radical (unpaired) electrons. The normalized spacial score (nSPS) is 13.9. The van der Waals surface area contributed by atoms with E-state index in [4.69, 9.17) is 21.1 Å². The molecule has 0 saturated carbocycles. The predicted octanol–water partition coefficient (Wildman–Crippen LogP) is 1.14. The zero-order chi connectivity index (χ0) is 18.9. The number of carbonyl (C=O) groups is 3. The van der Waals surface area contributed by atoms with Crippen molar-refractivity contribution in [2.24, 2.45) is 0 Å². The van der Waals surface area contributed by atoms with E-state index in [1.165, 1.54) is 0 Å². The lowest BCUT2D eigenvalue weighted by molar-refractivity contribution is -0.134. The monoisotopic (exact) mass is 383 g/mol. The second-order valence-electron chi connectivity index (χ2n) is 5.59. The van der Waals surface area contributed by atoms with Crippen LogP contribution < -0.4 is 10.1 Å². The van der Waals surface area contributed by atoms with Crippen molar-refractivity contribution in [1.82, 2.24) is 15.1 Å². The molecule has 0 unspecified atom stereocenters. The van der Waals surface area contributed by atoms with Crippen LogP contribution in [0.4, 0.5) is 4.79 Å². The zero-order valence-corrected chi connectivity index (χ0v) is 15.3. The number of nitrogens with zero attached hydrogens (tertiary/aromatic N) is 2. The van der Waals surface area contributed by atoms with Gasteiger partial charge in [-0.15, -0.1) is 0 Å². The van der Waals surface area contributed by atoms with Gasteiger partial charge in [0.2, 0.25) is 5.91 Å². The van der Waals surface area contributed by atoms with Crippen molar-refractivity contribution in [3.8, 4) is 5.75 Å². The van der Waals surface area contributed by atoms with Gasteiger partial charge in [-0.05, 0) is 31.2 Å². The van der Waals surface area contributed by atoms with E-state index >= 15 is 0 Å². The quantitative estimate of drug-likeness (QED) is 0.795. The van der Waals surface area contributed by atoms with Crippen LogP contribution >= 0.6 is 11.6 Å². The van der Waals surface area contributed by atoms with E-state index in [0.29, 0.717) is 43.6 Å². The smallest absolute Gasteiger partial charge is 0.409 e. The Morgan fingerprint density at radius 1 is 1.08 bits per heavy atom. The Hall–Kier alpha value is -2.48. The van der Waals surface area contributed by atoms with Crippen molar-refractivity contribution in [2.45, 2.75) is 6.92 Å². The predicted molar refractivity (Wildman–Crippen MR) is 95.1 cm³/mol. The minimum absolute atomic E-state index is 0.109. The summed E-state index contributed by atoms with van der Waals surface area (Å²) in [6.45, 7) is 3.42. The number of rotatable bonds is 6. The third-order valence-corrected chi connectivity index (χ3v) is 4.03. The molecule has 3 amide bonds. The first-order valence-electron chi connectivity index (χ1n) is 8.34. The van der Waals surface area contributed by atoms with Gasteiger partial charge in [-0.3, -0.25) is 9.59 Å². The van der Waals surface area contributed by atoms with Gasteiger partial charge in [0.25, 0.3) is 5.91 Å². The summed E-state index contributed by atoms with van der Waals surface area (Å²) in [5, 5.41) is 3.11. The Bertz CT molecular complexity index is 630. The molecule has 142 valence electrons. The molecule has 8 nitrogen and oxygen atoms in total. The van der Waals surface area contributed by atoms with Crippen molar-refractivity contribution >= 4 is 29.5 Å². The number of amides is 3. The fourth-order valence-electron chi connectivity index (χ4n) is 2.37. The minimum Gasteiger partial charge on any atom is -0.484 e. The van der Waals surface area contributed by atoms with E-state index < -0.39 is 5.91 Å². The molecule has 1 aromatic carbocycles. The highest BCUT2D eigenvalue weighted by Gasteiger charge is 2.24. The molecule has 9 heteroatoms. The van der Waals surface area contributed by atoms with Gasteiger partial charge in [-0.1, -0.05) is 11.6 Å². The average molecular weight is 384 g/mol. The molecule has 1 N–H and O–H groups in total. The van der Waals surface area contributed by atoms with E-state index in [2.05, 4.69) is 5.32 Å². The minimum atomic E-state index is -0.390. The summed E-state index contributed by atoms with van der Waals surface area (Å²) in [6, 6.07) is 6.64. The molecule has 2 rings (SSSR count). The standard InChI is InChI=1S/C17H22ClN3O5/c1-2-25-17(24)21-9-7-20(8-10-21)16(23)11-19-15(22)12-26-14-5-3-13(18)4-6-14/h3-6H,2,7-12H2,1H3,(H,19,22). The lowest BCUT2D eigenvalue weighted by Gasteiger charge is -2.34. The van der Waals surface area contributed by atoms with Gasteiger partial charge in [0.1, 0.15) is 5.75 Å². The van der Waals surface area contributed by atoms with Crippen molar-refractivity contribution in [3.05, 3.63) is 29.3 Å². The second-order valence-corrected chi connectivity index (χ2v) is 6.02. The molecule has 1 heterocycles. The third-order valence-electron chi connectivity index (χ3n) is 3.78. The third kappa shape index (κ3) is 6.11. The SMILES string of the molecule is CCOC(=O)N1CCN(C(=O)CNC(=O)COc2ccc(Cl)cc2)CC1. The Morgan fingerprint density at radius 3 is 2.31 bits per heavy atom. The van der Waals surface area contributed by atoms with Crippen LogP contribution in [-0.2, 0) is 14.3 Å². The molecule has 1 fully saturated rings. The summed E-state index contributed by atoms with van der Waals surface area (Å²) in [4.78, 5) is 38.7. The van der Waals surface area contributed by atoms with E-state index in [-0.39, 0.29) is 25.2 Å². The molecule has 0 aliphatic carbocycles. The number of halogens is 1. The molecule has 1 aromatic rings. The van der Waals surface area contributed by atoms with Gasteiger partial charge in [-0.2, -0.15) is 0 Å². The van der Waals surface area contributed by atoms with E-state index in [0.717, 1.165) is 0 Å². The summed E-state index contributed by atoms with van der Waals surface area (Å²) in [7, 11) is 0. The molecule has 0 atom stereocenters. The molecule has 1 aliphatic rings. The number of hydrogen-bond acceptors (Lipinski definition) is 5. The lowest BCUT2D eigenvalue weighted by Crippen LogP contribution is -2.52. The van der Waals surface area contributed by atoms with Crippen LogP contribution in [0.25, 0.3) is 0 Å². The van der Waals surface area contributed by atoms with E-state index in [1.807, 2.05) is 0 Å². The fourth-order valence-corrected chi connectivity index (χ4v) is 2.50. The Labute approximate surface area is 157 Å². The summed E-state index contributed by atoms with van der Waals surface area (Å²) in [5.41, 5.74) is 0. The van der Waals surface area contributed by atoms with Crippen molar-refractivity contribution in [3.63, 3.8) is 0 Å². The van der Waals surface area contributed by atoms with Gasteiger partial charge in [0, 0.05) is 31.2 Å². The fraction of sp³-hybridized carbons (Fsp3) is 0.471. The highest BCUT2D eigenvalue weighted by molar-refractivity contribution is 6.30. The summed E-state index contributed by atoms with van der Waals surface area (Å²) < 4.78 is 10.2. The van der Waals surface area contributed by atoms with Crippen LogP contribution in [-0.4, -0.2) is 73.6 Å². The molecule has 1 aliphatic heterocycles. The lowest BCUT2D eigenvalue weighted by atomic mass is 10.3. The van der Waals surface area contributed by atoms with Crippen molar-refractivity contribution in [1.29, 1.82) is 0 Å². The number of nitrogens with one attached hydrogen (secondary N) is 1. The van der Waals surface area contributed by atoms with Crippen LogP contribution in [0.1, 0.15) is 6.92 Å². The van der Waals surface area contributed by atoms with Crippen LogP contribution in [0.15, 0.2) is 24.3 Å². The second kappa shape index (κ2) is 9.86. The zero-order valence-electron chi connectivity index (χ0n) is 14.6. The number of ether oxygens (including phenoxy) is 2. The first-order valence-corrected chi connectivity index (χ1v) is 8.72. The molecule has 0 aromatic heterocycles. The average Bonchev–Trinajstić information content (AvgIpc) is 2.66. The Kier molecular flexibility index (Phi) is 7.53. The molecule has 1 saturated heterocycles. The van der Waals surface area contributed by atoms with Crippen LogP contribution in [0.3, 0.4) is 0 Å². The molecule has 26 heavy (non-hydrogen) atoms. The first-order chi connectivity index (χ1) is 12.5. The summed E-state index contributed by atoms with van der Waals surface area (Å²) >= 11 is 5.77. The molecule has 0 spiro atoms. The van der Waals surface area contributed by atoms with Crippen LogP contribution in [0.2, 0.25) is 5.02 Å². The summed E-state index contributed by atoms with van der Waals surface area (Å²) in [6.07, 6.45) is -0.368. The highest BCUT2D eigenvalue weighted by Crippen LogP contribution is 2.15. The topological polar surface area (TPSA) is 88.2 Å². The molecular weight excluding hydrogens is 362 g/mol. The maximum absolute atomic E-state index is 12.1. The van der Waals surface area contributed by atoms with Gasteiger partial charge in [0.05, 0.1) is 13.2 Å². The van der Waals surface area contributed by atoms with Gasteiger partial charge >= 0.3 is 6.09 Å². The number of piperazine rings is 1. The first kappa shape index (κ1) is 19.8. The molecular formula is C17H22ClN3O5. The maximum Gasteiger partial charge on any atom is 0.409 e. The van der Waals surface area contributed by atoms with Crippen LogP contribution in [0.5, 0.6) is 5.75 Å². The maximum atomic E-state index is 12.1.